The monoisotopic (exact) mass is 552 g/mol. The average molecular weight is 553 g/mol. The second-order valence-corrected chi connectivity index (χ2v) is 10.5. The number of aryl methyl sites for hydroxylation is 1. The number of nitrogens with two attached hydrogens (primary N) is 1. The van der Waals surface area contributed by atoms with Crippen LogP contribution >= 0.6 is 0 Å². The summed E-state index contributed by atoms with van der Waals surface area (Å²) >= 11 is 0. The number of nitriles is 1. The molecule has 1 fully saturated rings. The quantitative estimate of drug-likeness (QED) is 0.286. The van der Waals surface area contributed by atoms with Crippen LogP contribution in [0.4, 0.5) is 10.1 Å². The Morgan fingerprint density at radius 2 is 1.93 bits per heavy atom. The molecule has 0 saturated carbocycles. The molecule has 8 heteroatoms. The lowest BCUT2D eigenvalue weighted by Crippen LogP contribution is -2.34. The summed E-state index contributed by atoms with van der Waals surface area (Å²) in [5, 5.41) is 20.5. The minimum atomic E-state index is -0.320. The number of halogens is 1. The lowest BCUT2D eigenvalue weighted by molar-refractivity contribution is -0.119. The molecule has 0 spiro atoms. The number of aromatic nitrogens is 1. The number of ether oxygens (including phenoxy) is 1. The summed E-state index contributed by atoms with van der Waals surface area (Å²) in [7, 11) is 0. The SMILES string of the molecule is Cc1cc(F)cc(-c2cnc3ccc(-c4cccc(C#N)c4OCC(CO)CCN)cc3c2N2CCC(=O)CC2)c1. The van der Waals surface area contributed by atoms with E-state index < -0.39 is 0 Å². The topological polar surface area (TPSA) is 112 Å². The van der Waals surface area contributed by atoms with Gasteiger partial charge in [0.15, 0.2) is 0 Å². The molecule has 3 N–H and O–H groups in total. The highest BCUT2D eigenvalue weighted by Gasteiger charge is 2.23. The summed E-state index contributed by atoms with van der Waals surface area (Å²) in [5.41, 5.74) is 11.6. The summed E-state index contributed by atoms with van der Waals surface area (Å²) in [6.07, 6.45) is 3.27. The zero-order valence-corrected chi connectivity index (χ0v) is 23.1. The van der Waals surface area contributed by atoms with Gasteiger partial charge in [-0.2, -0.15) is 5.26 Å². The van der Waals surface area contributed by atoms with Crippen LogP contribution in [0.25, 0.3) is 33.2 Å². The Kier molecular flexibility index (Phi) is 8.58. The first-order chi connectivity index (χ1) is 19.9. The molecule has 1 aromatic heterocycles. The first kappa shape index (κ1) is 28.2. The Morgan fingerprint density at radius 1 is 1.12 bits per heavy atom. The van der Waals surface area contributed by atoms with Gasteiger partial charge in [0.1, 0.15) is 23.4 Å². The molecular weight excluding hydrogens is 519 g/mol. The maximum Gasteiger partial charge on any atom is 0.144 e. The van der Waals surface area contributed by atoms with E-state index in [1.807, 2.05) is 43.3 Å². The zero-order valence-electron chi connectivity index (χ0n) is 23.1. The van der Waals surface area contributed by atoms with E-state index in [1.54, 1.807) is 12.3 Å². The van der Waals surface area contributed by atoms with Crippen molar-refractivity contribution in [2.75, 3.05) is 37.7 Å². The second kappa shape index (κ2) is 12.5. The number of fused-ring (bicyclic) bond motifs is 1. The Balaban J connectivity index is 1.67. The number of carbonyl (C=O) groups is 1. The van der Waals surface area contributed by atoms with E-state index in [0.717, 1.165) is 44.4 Å². The van der Waals surface area contributed by atoms with Gasteiger partial charge >= 0.3 is 0 Å². The van der Waals surface area contributed by atoms with Crippen LogP contribution in [0.3, 0.4) is 0 Å². The zero-order chi connectivity index (χ0) is 28.9. The molecule has 1 atom stereocenters. The van der Waals surface area contributed by atoms with Crippen LogP contribution in [0.15, 0.2) is 60.8 Å². The maximum absolute atomic E-state index is 14.5. The Hall–Kier alpha value is -4.32. The van der Waals surface area contributed by atoms with Crippen LogP contribution in [0.1, 0.15) is 30.4 Å². The van der Waals surface area contributed by atoms with Gasteiger partial charge in [0.25, 0.3) is 0 Å². The number of pyridine rings is 1. The van der Waals surface area contributed by atoms with E-state index in [4.69, 9.17) is 15.5 Å². The van der Waals surface area contributed by atoms with Crippen molar-refractivity contribution in [3.8, 4) is 34.1 Å². The molecule has 1 aliphatic rings. The highest BCUT2D eigenvalue weighted by molar-refractivity contribution is 6.02. The number of aliphatic hydroxyl groups is 1. The summed E-state index contributed by atoms with van der Waals surface area (Å²) in [6.45, 7) is 3.57. The van der Waals surface area contributed by atoms with Gasteiger partial charge in [0, 0.05) is 61.2 Å². The average Bonchev–Trinajstić information content (AvgIpc) is 2.98. The summed E-state index contributed by atoms with van der Waals surface area (Å²) < 4.78 is 20.7. The number of ketones is 1. The van der Waals surface area contributed by atoms with Gasteiger partial charge in [-0.1, -0.05) is 24.3 Å². The minimum Gasteiger partial charge on any atom is -0.491 e. The van der Waals surface area contributed by atoms with Crippen LogP contribution < -0.4 is 15.4 Å². The number of aliphatic hydroxyl groups excluding tert-OH is 1. The van der Waals surface area contributed by atoms with E-state index >= 15 is 0 Å². The van der Waals surface area contributed by atoms with Gasteiger partial charge in [-0.05, 0) is 66.9 Å². The smallest absolute Gasteiger partial charge is 0.144 e. The van der Waals surface area contributed by atoms with Crippen LogP contribution in [0.2, 0.25) is 0 Å². The van der Waals surface area contributed by atoms with Crippen molar-refractivity contribution >= 4 is 22.4 Å². The number of nitrogens with zero attached hydrogens (tertiary/aromatic N) is 3. The van der Waals surface area contributed by atoms with Gasteiger partial charge in [0.2, 0.25) is 0 Å². The van der Waals surface area contributed by atoms with Crippen molar-refractivity contribution in [3.63, 3.8) is 0 Å². The highest BCUT2D eigenvalue weighted by atomic mass is 19.1. The third-order valence-corrected chi connectivity index (χ3v) is 7.57. The third kappa shape index (κ3) is 6.07. The standard InChI is InChI=1S/C33H33FN4O3/c1-21-13-25(15-26(34)14-21)30-18-37-31-6-5-23(16-29(31)32(30)38-11-8-27(40)9-12-38)28-4-2-3-24(17-36)33(28)41-20-22(19-39)7-10-35/h2-6,13-16,18,22,39H,7-12,19-20,35H2,1H3. The van der Waals surface area contributed by atoms with Crippen LogP contribution in [0, 0.1) is 30.0 Å². The Labute approximate surface area is 239 Å². The second-order valence-electron chi connectivity index (χ2n) is 10.5. The Bertz CT molecular complexity index is 1600. The van der Waals surface area contributed by atoms with Crippen molar-refractivity contribution < 1.29 is 19.0 Å². The molecule has 1 unspecified atom stereocenters. The number of Topliss-reactive ketones (excluding diaryl/α,β-unsaturated/α-hetero) is 1. The number of hydrogen-bond donors (Lipinski definition) is 2. The molecule has 210 valence electrons. The fourth-order valence-electron chi connectivity index (χ4n) is 5.44. The van der Waals surface area contributed by atoms with Gasteiger partial charge in [0.05, 0.1) is 23.4 Å². The number of carbonyl (C=O) groups excluding carboxylic acids is 1. The predicted molar refractivity (Wildman–Crippen MR) is 158 cm³/mol. The van der Waals surface area contributed by atoms with Crippen molar-refractivity contribution in [2.45, 2.75) is 26.2 Å². The molecule has 0 bridgehead atoms. The van der Waals surface area contributed by atoms with Crippen LogP contribution in [-0.4, -0.2) is 48.7 Å². The lowest BCUT2D eigenvalue weighted by Gasteiger charge is -2.31. The van der Waals surface area contributed by atoms with Crippen molar-refractivity contribution in [1.29, 1.82) is 5.26 Å². The number of para-hydroxylation sites is 1. The number of piperidine rings is 1. The molecule has 1 saturated heterocycles. The molecule has 41 heavy (non-hydrogen) atoms. The summed E-state index contributed by atoms with van der Waals surface area (Å²) in [6, 6.07) is 18.5. The number of anilines is 1. The Morgan fingerprint density at radius 3 is 2.63 bits per heavy atom. The van der Waals surface area contributed by atoms with Crippen molar-refractivity contribution in [1.82, 2.24) is 4.98 Å². The fraction of sp³-hybridized carbons (Fsp3) is 0.303. The first-order valence-electron chi connectivity index (χ1n) is 13.9. The van der Waals surface area contributed by atoms with E-state index in [1.165, 1.54) is 12.1 Å². The number of benzene rings is 3. The highest BCUT2D eigenvalue weighted by Crippen LogP contribution is 2.41. The van der Waals surface area contributed by atoms with Gasteiger partial charge in [-0.3, -0.25) is 9.78 Å². The predicted octanol–water partition coefficient (Wildman–Crippen LogP) is 5.39. The van der Waals surface area contributed by atoms with Gasteiger partial charge in [-0.25, -0.2) is 4.39 Å². The molecule has 5 rings (SSSR count). The first-order valence-corrected chi connectivity index (χ1v) is 13.9. The maximum atomic E-state index is 14.5. The van der Waals surface area contributed by atoms with Gasteiger partial charge < -0.3 is 20.5 Å². The molecule has 0 amide bonds. The normalized spacial score (nSPS) is 14.2. The van der Waals surface area contributed by atoms with Crippen molar-refractivity contribution in [2.24, 2.45) is 11.7 Å². The van der Waals surface area contributed by atoms with E-state index in [2.05, 4.69) is 11.0 Å². The molecule has 1 aliphatic heterocycles. The van der Waals surface area contributed by atoms with Crippen LogP contribution in [-0.2, 0) is 4.79 Å². The number of rotatable bonds is 9. The van der Waals surface area contributed by atoms with E-state index in [0.29, 0.717) is 50.2 Å². The summed E-state index contributed by atoms with van der Waals surface area (Å²) in [4.78, 5) is 19.0. The fourth-order valence-corrected chi connectivity index (χ4v) is 5.44. The molecular formula is C33H33FN4O3. The molecule has 4 aromatic rings. The number of hydrogen-bond acceptors (Lipinski definition) is 7. The van der Waals surface area contributed by atoms with Crippen LogP contribution in [0.5, 0.6) is 5.75 Å². The van der Waals surface area contributed by atoms with Crippen molar-refractivity contribution in [3.05, 3.63) is 77.7 Å². The molecule has 0 aliphatic carbocycles. The minimum absolute atomic E-state index is 0.0626. The molecule has 0 radical (unpaired) electrons. The largest absolute Gasteiger partial charge is 0.491 e. The van der Waals surface area contributed by atoms with E-state index in [-0.39, 0.29) is 30.7 Å². The van der Waals surface area contributed by atoms with Gasteiger partial charge in [-0.15, -0.1) is 0 Å². The molecule has 3 aromatic carbocycles. The molecule has 7 nitrogen and oxygen atoms in total. The summed E-state index contributed by atoms with van der Waals surface area (Å²) in [5.74, 6) is 0.208. The van der Waals surface area contributed by atoms with E-state index in [9.17, 15) is 19.6 Å². The lowest BCUT2D eigenvalue weighted by atomic mass is 9.95. The third-order valence-electron chi connectivity index (χ3n) is 7.57. The molecule has 2 heterocycles.